The lowest BCUT2D eigenvalue weighted by molar-refractivity contribution is -0.308. The zero-order valence-corrected chi connectivity index (χ0v) is 76.3. The Bertz CT molecular complexity index is 3440. The first-order valence-electron chi connectivity index (χ1n) is 45.5. The number of nitrogens with zero attached hydrogens (tertiary/aromatic N) is 22. The van der Waals surface area contributed by atoms with Crippen molar-refractivity contribution in [2.45, 2.75) is 12.1 Å². The Labute approximate surface area is 781 Å². The van der Waals surface area contributed by atoms with Crippen molar-refractivity contribution < 1.29 is 148 Å². The fourth-order valence-electron chi connectivity index (χ4n) is 18.2. The molecule has 8 aliphatic heterocycles. The third kappa shape index (κ3) is 40.9. The van der Waals surface area contributed by atoms with Crippen molar-refractivity contribution in [3.63, 3.8) is 0 Å². The van der Waals surface area contributed by atoms with Crippen LogP contribution >= 0.6 is 0 Å². The molecule has 8 aliphatic rings. The molecule has 0 atom stereocenters. The van der Waals surface area contributed by atoms with Gasteiger partial charge in [0.1, 0.15) is 0 Å². The molecule has 6 amide bonds. The third-order valence-electron chi connectivity index (χ3n) is 25.4. The minimum Gasteiger partial charge on any atom is -0.549 e. The lowest BCUT2D eigenvalue weighted by Crippen LogP contribution is -2.69. The first kappa shape index (κ1) is 110. The molecule has 53 nitrogen and oxygen atoms in total. The van der Waals surface area contributed by atoms with Gasteiger partial charge in [-0.15, -0.1) is 0 Å². The number of amides is 6. The van der Waals surface area contributed by atoms with Crippen LogP contribution in [-0.4, -0.2) is 620 Å². The summed E-state index contributed by atoms with van der Waals surface area (Å²) in [6.07, 6.45) is 0. The first-order chi connectivity index (χ1) is 64.1. The second kappa shape index (κ2) is 55.9. The quantitative estimate of drug-likeness (QED) is 0.0625. The largest absolute Gasteiger partial charge is 0.549 e. The number of hydrogen-bond acceptors (Lipinski definition) is 47. The Kier molecular flexibility index (Phi) is 45.5. The number of piperazine rings is 2. The van der Waals surface area contributed by atoms with Crippen LogP contribution in [0.3, 0.4) is 0 Å². The van der Waals surface area contributed by atoms with Crippen LogP contribution in [0.15, 0.2) is 0 Å². The second-order valence-corrected chi connectivity index (χ2v) is 35.7. The molecule has 0 aliphatic carbocycles. The summed E-state index contributed by atoms with van der Waals surface area (Å²) in [4.78, 5) is 270. The van der Waals surface area contributed by atoms with E-state index in [9.17, 15) is 119 Å². The van der Waals surface area contributed by atoms with E-state index in [2.05, 4.69) is 5.32 Å². The average Bonchev–Trinajstić information content (AvgIpc) is 1.72. The Hall–Kier alpha value is -10.2. The normalized spacial score (nSPS) is 22.7. The molecule has 0 aromatic heterocycles. The molecule has 0 spiro atoms. The van der Waals surface area contributed by atoms with Gasteiger partial charge in [-0.2, -0.15) is 0 Å². The second-order valence-electron chi connectivity index (χ2n) is 35.7. The van der Waals surface area contributed by atoms with Gasteiger partial charge >= 0.3 is 0 Å². The van der Waals surface area contributed by atoms with E-state index in [1.807, 2.05) is 0 Å². The average molecular weight is 1910 g/mol. The summed E-state index contributed by atoms with van der Waals surface area (Å²) >= 11 is 0. The van der Waals surface area contributed by atoms with Crippen LogP contribution in [0, 0.1) is 11.8 Å². The highest BCUT2D eigenvalue weighted by Gasteiger charge is 2.44. The van der Waals surface area contributed by atoms with Crippen LogP contribution in [0.1, 0.15) is 0 Å². The van der Waals surface area contributed by atoms with E-state index in [0.29, 0.717) is 0 Å². The van der Waals surface area contributed by atoms with Crippen LogP contribution in [-0.2, 0) is 86.3 Å². The van der Waals surface area contributed by atoms with Crippen molar-refractivity contribution in [2.75, 3.05) is 393 Å². The van der Waals surface area contributed by atoms with Crippen molar-refractivity contribution in [1.29, 1.82) is 0 Å². The Morgan fingerprint density at radius 2 is 0.267 bits per heavy atom. The van der Waals surface area contributed by atoms with Gasteiger partial charge in [0.15, 0.2) is 0 Å². The molecular formula is C82H125N23O30-12. The smallest absolute Gasteiger partial charge is 0.236 e. The van der Waals surface area contributed by atoms with Crippen LogP contribution in [0.5, 0.6) is 0 Å². The molecule has 53 heteroatoms. The van der Waals surface area contributed by atoms with E-state index in [4.69, 9.17) is 0 Å². The topological polar surface area (TPSA) is 667 Å². The van der Waals surface area contributed by atoms with Gasteiger partial charge in [0.2, 0.25) is 35.4 Å². The van der Waals surface area contributed by atoms with Gasteiger partial charge in [-0.25, -0.2) is 0 Å². The molecule has 2 bridgehead atoms. The molecule has 8 saturated heterocycles. The van der Waals surface area contributed by atoms with E-state index >= 15 is 28.8 Å². The summed E-state index contributed by atoms with van der Waals surface area (Å²) in [6, 6.07) is -1.41. The molecule has 0 saturated carbocycles. The van der Waals surface area contributed by atoms with Crippen LogP contribution in [0.25, 0.3) is 0 Å². The molecule has 0 aromatic carbocycles. The predicted molar refractivity (Wildman–Crippen MR) is 440 cm³/mol. The van der Waals surface area contributed by atoms with Crippen molar-refractivity contribution in [3.8, 4) is 0 Å². The van der Waals surface area contributed by atoms with Crippen LogP contribution < -0.4 is 66.6 Å². The van der Waals surface area contributed by atoms with Gasteiger partial charge in [0, 0.05) is 379 Å². The molecule has 8 fully saturated rings. The van der Waals surface area contributed by atoms with E-state index in [-0.39, 0.29) is 288 Å². The number of aliphatic carboxylic acids is 12. The summed E-state index contributed by atoms with van der Waals surface area (Å²) in [5.41, 5.74) is 0. The van der Waals surface area contributed by atoms with E-state index in [0.717, 1.165) is 0 Å². The van der Waals surface area contributed by atoms with Crippen LogP contribution in [0.4, 0.5) is 0 Å². The number of hydrogen-bond donors (Lipinski definition) is 1. The molecule has 8 rings (SSSR count). The first-order valence-corrected chi connectivity index (χ1v) is 45.5. The summed E-state index contributed by atoms with van der Waals surface area (Å²) in [5.74, 6) is -23.1. The predicted octanol–water partition coefficient (Wildman–Crippen LogP) is -28.5. The van der Waals surface area contributed by atoms with Crippen molar-refractivity contribution >= 4 is 107 Å². The maximum Gasteiger partial charge on any atom is 0.236 e. The fourth-order valence-corrected chi connectivity index (χ4v) is 18.2. The SMILES string of the molecule is O=C([O-])CN1CCN(CC(=O)[O-])CCN(CC(=O)N2CCN(C(=O)CN3CCN(CC(=O)[O-])CCN(CC(=O)[O-])CCN(CC(=O)[O-])CC3)CC(C(=O)N3CC4CN(C(=O)C5CN(C(=O)CN6CCN(CC(=O)[O-])CCN(CC(=O)[O-])CCN(CC(=O)[O-])CC6)CCN(C(=O)CN6CCN(CC(=O)[O-])CCN(CC(=O)[O-])CCN(CC(=O)[O-])CC6)C5)CC(C3)N4)C2)CCN(CC(=O)[O-])CC1. The Morgan fingerprint density at radius 1 is 0.156 bits per heavy atom. The number of rotatable bonds is 34. The molecule has 0 aromatic rings. The van der Waals surface area contributed by atoms with Crippen molar-refractivity contribution in [2.24, 2.45) is 11.8 Å². The van der Waals surface area contributed by atoms with Gasteiger partial charge in [-0.3, -0.25) is 107 Å². The molecule has 0 radical (unpaired) electrons. The fraction of sp³-hybridized carbons (Fsp3) is 0.780. The maximum atomic E-state index is 15.8. The zero-order chi connectivity index (χ0) is 98.5. The molecule has 135 heavy (non-hydrogen) atoms. The number of carboxylic acids is 12. The van der Waals surface area contributed by atoms with E-state index in [1.54, 1.807) is 29.4 Å². The molecule has 760 valence electrons. The monoisotopic (exact) mass is 1910 g/mol. The van der Waals surface area contributed by atoms with Gasteiger partial charge in [-0.05, 0) is 0 Å². The lowest BCUT2D eigenvalue weighted by atomic mass is 9.98. The van der Waals surface area contributed by atoms with E-state index in [1.165, 1.54) is 78.4 Å². The molecule has 0 unspecified atom stereocenters. The van der Waals surface area contributed by atoms with Gasteiger partial charge in [0.05, 0.1) is 110 Å². The third-order valence-corrected chi connectivity index (χ3v) is 25.4. The number of nitrogens with one attached hydrogen (secondary N) is 1. The summed E-state index contributed by atoms with van der Waals surface area (Å²) in [5, 5.41) is 148. The Morgan fingerprint density at radius 3 is 0.378 bits per heavy atom. The van der Waals surface area contributed by atoms with Gasteiger partial charge in [-0.1, -0.05) is 0 Å². The molecule has 1 N–H and O–H groups in total. The van der Waals surface area contributed by atoms with Crippen LogP contribution in [0.2, 0.25) is 0 Å². The number of carboxylic acid groups (broad SMARTS) is 12. The van der Waals surface area contributed by atoms with Gasteiger partial charge < -0.3 is 154 Å². The van der Waals surface area contributed by atoms with Gasteiger partial charge in [0.25, 0.3) is 0 Å². The number of fused-ring (bicyclic) bond motifs is 2. The minimum atomic E-state index is -1.46. The molecule has 8 heterocycles. The number of carbonyl (C=O) groups excluding carboxylic acids is 18. The lowest BCUT2D eigenvalue weighted by Gasteiger charge is -2.48. The highest BCUT2D eigenvalue weighted by Crippen LogP contribution is 2.24. The molecular weight excluding hydrogens is 1790 g/mol. The maximum absolute atomic E-state index is 15.8. The number of carbonyl (C=O) groups is 18. The zero-order valence-electron chi connectivity index (χ0n) is 76.3. The highest BCUT2D eigenvalue weighted by molar-refractivity contribution is 5.86. The summed E-state index contributed by atoms with van der Waals surface area (Å²) < 4.78 is 0. The highest BCUT2D eigenvalue weighted by atomic mass is 16.4. The van der Waals surface area contributed by atoms with Crippen molar-refractivity contribution in [3.05, 3.63) is 0 Å². The van der Waals surface area contributed by atoms with Crippen molar-refractivity contribution in [1.82, 2.24) is 113 Å². The standard InChI is InChI=1S/C82H137N23O30/c106-65(45-84-1-9-88(49-69(110)111)17-25-96(57-77(126)127)26-18-89(10-2-84)50-70(112)113)100-33-34-101(66(107)46-85-3-11-90(51-71(114)115)19-27-97(58-78(128)129)28-20-91(12-4-85)52-72(116)117)38-61(37-100)81(134)104-41-63-43-105(44-64(42-104)83-63)82(135)62-39-102(67(108)47-86-5-13-92(53-73(118)119)21-29-98(59-79(130)131)30-22-93(14-6-86)54-74(120)121)35-36-103(40-62)68(109)48-87-7-15-94(55-75(122)123)23-31-99(60-80(132)133)32-24-95(16-8-87)56-76(124)125/h61-64,83H,1-60H2,(H,110,111)(H,112,113)(H,114,115)(H,116,117)(H,118,119)(H,120,121)(H,122,123)(H,124,125)(H,126,127)(H,128,129)(H,130,131)(H,132,133)/p-12. The van der Waals surface area contributed by atoms with E-state index < -0.39 is 236 Å². The Balaban J connectivity index is 1.09. The minimum absolute atomic E-state index is 0.00493. The summed E-state index contributed by atoms with van der Waals surface area (Å²) in [6.45, 7) is -11.1. The summed E-state index contributed by atoms with van der Waals surface area (Å²) in [7, 11) is 0.